The fourth-order valence-corrected chi connectivity index (χ4v) is 2.99. The van der Waals surface area contributed by atoms with Gasteiger partial charge in [0.25, 0.3) is 0 Å². The highest BCUT2D eigenvalue weighted by atomic mass is 16.5. The van der Waals surface area contributed by atoms with E-state index in [9.17, 15) is 4.79 Å². The van der Waals surface area contributed by atoms with E-state index in [2.05, 4.69) is 17.0 Å². The number of fused-ring (bicyclic) bond motifs is 3. The average molecular weight is 231 g/mol. The molecule has 2 atom stereocenters. The Bertz CT molecular complexity index is 426. The quantitative estimate of drug-likeness (QED) is 0.782. The van der Waals surface area contributed by atoms with E-state index in [-0.39, 0.29) is 5.92 Å². The molecule has 3 fully saturated rings. The van der Waals surface area contributed by atoms with Gasteiger partial charge in [0, 0.05) is 30.6 Å². The summed E-state index contributed by atoms with van der Waals surface area (Å²) in [5, 5.41) is 0. The number of hydrogen-bond donors (Lipinski definition) is 0. The van der Waals surface area contributed by atoms with Crippen LogP contribution in [-0.4, -0.2) is 25.5 Å². The van der Waals surface area contributed by atoms with Gasteiger partial charge < -0.3 is 9.64 Å². The van der Waals surface area contributed by atoms with Crippen molar-refractivity contribution in [2.45, 2.75) is 25.3 Å². The molecule has 1 saturated carbocycles. The molecule has 1 unspecified atom stereocenters. The first-order chi connectivity index (χ1) is 8.28. The number of benzene rings is 1. The highest BCUT2D eigenvalue weighted by Gasteiger charge is 2.39. The molecule has 2 saturated heterocycles. The predicted molar refractivity (Wildman–Crippen MR) is 66.5 cm³/mol. The lowest BCUT2D eigenvalue weighted by Crippen LogP contribution is -2.52. The molecule has 0 N–H and O–H groups in total. The van der Waals surface area contributed by atoms with Crippen LogP contribution < -0.4 is 9.64 Å². The first kappa shape index (κ1) is 10.6. The monoisotopic (exact) mass is 231 g/mol. The minimum Gasteiger partial charge on any atom is -0.497 e. The molecule has 0 amide bonds. The van der Waals surface area contributed by atoms with Crippen LogP contribution in [0.3, 0.4) is 0 Å². The number of nitrogens with zero attached hydrogens (tertiary/aromatic N) is 1. The third-order valence-electron chi connectivity index (χ3n) is 4.00. The molecule has 3 heteroatoms. The average Bonchev–Trinajstić information content (AvgIpc) is 2.39. The van der Waals surface area contributed by atoms with Gasteiger partial charge in [-0.3, -0.25) is 4.79 Å². The van der Waals surface area contributed by atoms with E-state index in [1.807, 2.05) is 12.1 Å². The molecule has 90 valence electrons. The first-order valence-electron chi connectivity index (χ1n) is 6.21. The van der Waals surface area contributed by atoms with Crippen LogP contribution >= 0.6 is 0 Å². The van der Waals surface area contributed by atoms with Crippen molar-refractivity contribution in [3.05, 3.63) is 24.3 Å². The smallest absolute Gasteiger partial charge is 0.139 e. The Morgan fingerprint density at radius 1 is 1.24 bits per heavy atom. The summed E-state index contributed by atoms with van der Waals surface area (Å²) >= 11 is 0. The maximum Gasteiger partial charge on any atom is 0.139 e. The van der Waals surface area contributed by atoms with Crippen LogP contribution in [0, 0.1) is 5.92 Å². The zero-order valence-electron chi connectivity index (χ0n) is 10.1. The minimum absolute atomic E-state index is 0.266. The fourth-order valence-electron chi connectivity index (χ4n) is 2.99. The summed E-state index contributed by atoms with van der Waals surface area (Å²) in [7, 11) is 1.68. The van der Waals surface area contributed by atoms with E-state index in [0.717, 1.165) is 31.6 Å². The molecule has 1 aliphatic carbocycles. The van der Waals surface area contributed by atoms with Crippen molar-refractivity contribution in [3.8, 4) is 5.75 Å². The second-order valence-corrected chi connectivity index (χ2v) is 4.95. The number of methoxy groups -OCH3 is 1. The van der Waals surface area contributed by atoms with Crippen molar-refractivity contribution in [3.63, 3.8) is 0 Å². The van der Waals surface area contributed by atoms with Gasteiger partial charge in [0.2, 0.25) is 0 Å². The largest absolute Gasteiger partial charge is 0.497 e. The molecule has 1 aromatic carbocycles. The molecule has 2 bridgehead atoms. The van der Waals surface area contributed by atoms with Crippen molar-refractivity contribution >= 4 is 11.5 Å². The Morgan fingerprint density at radius 2 is 2.00 bits per heavy atom. The maximum absolute atomic E-state index is 11.7. The molecule has 2 aliphatic heterocycles. The Hall–Kier alpha value is -1.51. The molecular weight excluding hydrogens is 214 g/mol. The zero-order valence-corrected chi connectivity index (χ0v) is 10.1. The van der Waals surface area contributed by atoms with Gasteiger partial charge in [-0.05, 0) is 37.1 Å². The normalized spacial score (nSPS) is 27.4. The molecule has 2 heterocycles. The third-order valence-corrected chi connectivity index (χ3v) is 4.00. The minimum atomic E-state index is 0.266. The molecule has 3 nitrogen and oxygen atoms in total. The molecule has 1 aromatic rings. The zero-order chi connectivity index (χ0) is 11.8. The number of anilines is 1. The summed E-state index contributed by atoms with van der Waals surface area (Å²) < 4.78 is 5.16. The van der Waals surface area contributed by atoms with E-state index < -0.39 is 0 Å². The molecule has 0 spiro atoms. The predicted octanol–water partition coefficient (Wildman–Crippen LogP) is 2.25. The van der Waals surface area contributed by atoms with Crippen LogP contribution in [0.2, 0.25) is 0 Å². The summed E-state index contributed by atoms with van der Waals surface area (Å²) in [6, 6.07) is 8.56. The van der Waals surface area contributed by atoms with E-state index in [4.69, 9.17) is 4.74 Å². The third kappa shape index (κ3) is 1.79. The Balaban J connectivity index is 1.82. The topological polar surface area (TPSA) is 29.5 Å². The first-order valence-corrected chi connectivity index (χ1v) is 6.21. The van der Waals surface area contributed by atoms with Crippen molar-refractivity contribution in [2.75, 3.05) is 18.6 Å². The molecule has 17 heavy (non-hydrogen) atoms. The number of Topliss-reactive ketones (excluding diaryl/α,β-unsaturated/α-hetero) is 1. The lowest BCUT2D eigenvalue weighted by Gasteiger charge is -2.45. The molecule has 0 aromatic heterocycles. The second-order valence-electron chi connectivity index (χ2n) is 4.95. The van der Waals surface area contributed by atoms with Gasteiger partial charge in [-0.2, -0.15) is 0 Å². The Labute approximate surface area is 101 Å². The van der Waals surface area contributed by atoms with Gasteiger partial charge >= 0.3 is 0 Å². The number of hydrogen-bond acceptors (Lipinski definition) is 3. The number of ether oxygens (including phenoxy) is 1. The van der Waals surface area contributed by atoms with Crippen LogP contribution in [0.15, 0.2) is 24.3 Å². The van der Waals surface area contributed by atoms with Crippen molar-refractivity contribution < 1.29 is 9.53 Å². The number of rotatable bonds is 2. The number of carbonyl (C=O) groups is 1. The van der Waals surface area contributed by atoms with E-state index in [1.54, 1.807) is 7.11 Å². The maximum atomic E-state index is 11.7. The van der Waals surface area contributed by atoms with Gasteiger partial charge in [-0.15, -0.1) is 0 Å². The summed E-state index contributed by atoms with van der Waals surface area (Å²) in [5.74, 6) is 1.61. The number of carbonyl (C=O) groups excluding carboxylic acids is 1. The van der Waals surface area contributed by atoms with Crippen molar-refractivity contribution in [2.24, 2.45) is 5.92 Å². The number of piperidine rings is 2. The lowest BCUT2D eigenvalue weighted by molar-refractivity contribution is -0.126. The highest BCUT2D eigenvalue weighted by Crippen LogP contribution is 2.36. The van der Waals surface area contributed by atoms with Crippen molar-refractivity contribution in [1.82, 2.24) is 0 Å². The molecule has 4 rings (SSSR count). The number of ketones is 1. The van der Waals surface area contributed by atoms with Crippen LogP contribution in [-0.2, 0) is 4.79 Å². The van der Waals surface area contributed by atoms with Gasteiger partial charge in [0.1, 0.15) is 11.5 Å². The summed E-state index contributed by atoms with van der Waals surface area (Å²) in [6.07, 6.45) is 2.97. The van der Waals surface area contributed by atoms with Crippen LogP contribution in [0.1, 0.15) is 19.3 Å². The van der Waals surface area contributed by atoms with Gasteiger partial charge in [0.15, 0.2) is 0 Å². The summed E-state index contributed by atoms with van der Waals surface area (Å²) in [6.45, 7) is 0.899. The lowest BCUT2D eigenvalue weighted by atomic mass is 9.78. The Kier molecular flexibility index (Phi) is 2.54. The van der Waals surface area contributed by atoms with E-state index >= 15 is 0 Å². The standard InChI is InChI=1S/C14H17NO2/c1-17-13-6-4-11(5-7-13)15-9-10-2-3-12(15)8-14(10)16/h4-7,10,12H,2-3,8-9H2,1H3/t10-,12?/m0/s1. The van der Waals surface area contributed by atoms with E-state index in [0.29, 0.717) is 11.8 Å². The van der Waals surface area contributed by atoms with Gasteiger partial charge in [0.05, 0.1) is 7.11 Å². The van der Waals surface area contributed by atoms with Gasteiger partial charge in [-0.1, -0.05) is 0 Å². The second kappa shape index (κ2) is 4.06. The molecular formula is C14H17NO2. The van der Waals surface area contributed by atoms with Crippen LogP contribution in [0.4, 0.5) is 5.69 Å². The van der Waals surface area contributed by atoms with E-state index in [1.165, 1.54) is 5.69 Å². The van der Waals surface area contributed by atoms with Crippen LogP contribution in [0.25, 0.3) is 0 Å². The summed E-state index contributed by atoms with van der Waals surface area (Å²) in [5.41, 5.74) is 1.22. The van der Waals surface area contributed by atoms with Gasteiger partial charge in [-0.25, -0.2) is 0 Å². The Morgan fingerprint density at radius 3 is 2.53 bits per heavy atom. The highest BCUT2D eigenvalue weighted by molar-refractivity contribution is 5.85. The fraction of sp³-hybridized carbons (Fsp3) is 0.500. The van der Waals surface area contributed by atoms with Crippen molar-refractivity contribution in [1.29, 1.82) is 0 Å². The van der Waals surface area contributed by atoms with Crippen LogP contribution in [0.5, 0.6) is 5.75 Å². The molecule has 3 aliphatic rings. The molecule has 0 radical (unpaired) electrons. The SMILES string of the molecule is COc1ccc(N2C[C@@H]3CCC2CC3=O)cc1. The summed E-state index contributed by atoms with van der Waals surface area (Å²) in [4.78, 5) is 14.1.